The zero-order valence-corrected chi connectivity index (χ0v) is 6.10. The Kier molecular flexibility index (Phi) is 1.49. The molecule has 0 aromatic carbocycles. The summed E-state index contributed by atoms with van der Waals surface area (Å²) in [7, 11) is 0. The van der Waals surface area contributed by atoms with Crippen molar-refractivity contribution < 1.29 is 4.39 Å². The minimum Gasteiger partial charge on any atom is -0.383 e. The van der Waals surface area contributed by atoms with Gasteiger partial charge in [-0.05, 0) is 12.8 Å². The highest BCUT2D eigenvalue weighted by atomic mass is 19.1. The summed E-state index contributed by atoms with van der Waals surface area (Å²) >= 11 is 0. The first-order valence-electron chi connectivity index (χ1n) is 3.74. The topological polar surface area (TPSA) is 24.9 Å². The number of nitrogens with one attached hydrogen (secondary N) is 1. The molecule has 0 bridgehead atoms. The molecule has 58 valence electrons. The second-order valence-corrected chi connectivity index (χ2v) is 2.68. The summed E-state index contributed by atoms with van der Waals surface area (Å²) in [6.07, 6.45) is 3.32. The van der Waals surface area contributed by atoms with Crippen molar-refractivity contribution >= 4 is 5.69 Å². The summed E-state index contributed by atoms with van der Waals surface area (Å²) in [5.74, 6) is -0.266. The van der Waals surface area contributed by atoms with Crippen LogP contribution in [-0.4, -0.2) is 11.5 Å². The van der Waals surface area contributed by atoms with Crippen LogP contribution in [-0.2, 0) is 6.42 Å². The molecule has 1 aliphatic rings. The maximum atomic E-state index is 12.6. The molecule has 1 aliphatic heterocycles. The Morgan fingerprint density at radius 2 is 2.45 bits per heavy atom. The number of hydrogen-bond donors (Lipinski definition) is 1. The minimum atomic E-state index is -0.266. The van der Waals surface area contributed by atoms with Gasteiger partial charge in [-0.25, -0.2) is 4.39 Å². The number of hydrogen-bond acceptors (Lipinski definition) is 2. The molecule has 2 heterocycles. The van der Waals surface area contributed by atoms with Gasteiger partial charge in [0.25, 0.3) is 0 Å². The Bertz CT molecular complexity index is 273. The fourth-order valence-corrected chi connectivity index (χ4v) is 1.30. The number of aromatic nitrogens is 1. The van der Waals surface area contributed by atoms with E-state index >= 15 is 0 Å². The first-order chi connectivity index (χ1) is 5.36. The molecule has 11 heavy (non-hydrogen) atoms. The summed E-state index contributed by atoms with van der Waals surface area (Å²) in [5, 5.41) is 3.10. The quantitative estimate of drug-likeness (QED) is 0.610. The van der Waals surface area contributed by atoms with Gasteiger partial charge in [-0.3, -0.25) is 4.98 Å². The lowest BCUT2D eigenvalue weighted by Gasteiger charge is -2.15. The van der Waals surface area contributed by atoms with Crippen LogP contribution in [0.3, 0.4) is 0 Å². The van der Waals surface area contributed by atoms with Crippen LogP contribution in [0, 0.1) is 5.82 Å². The molecule has 0 radical (unpaired) electrons. The Balaban J connectivity index is 2.43. The maximum absolute atomic E-state index is 12.6. The Labute approximate surface area is 64.5 Å². The first kappa shape index (κ1) is 6.58. The van der Waals surface area contributed by atoms with Crippen LogP contribution >= 0.6 is 0 Å². The van der Waals surface area contributed by atoms with Crippen molar-refractivity contribution in [3.8, 4) is 0 Å². The third-order valence-corrected chi connectivity index (χ3v) is 1.84. The van der Waals surface area contributed by atoms with Crippen molar-refractivity contribution in [2.24, 2.45) is 0 Å². The molecule has 3 heteroatoms. The molecule has 2 nitrogen and oxygen atoms in total. The van der Waals surface area contributed by atoms with E-state index < -0.39 is 0 Å². The van der Waals surface area contributed by atoms with Crippen molar-refractivity contribution in [3.05, 3.63) is 23.8 Å². The molecule has 1 N–H and O–H groups in total. The molecule has 0 saturated carbocycles. The van der Waals surface area contributed by atoms with E-state index in [1.54, 1.807) is 0 Å². The molecule has 0 aliphatic carbocycles. The van der Waals surface area contributed by atoms with E-state index in [1.165, 1.54) is 12.3 Å². The minimum absolute atomic E-state index is 0.266. The zero-order chi connectivity index (χ0) is 7.68. The van der Waals surface area contributed by atoms with E-state index in [0.717, 1.165) is 30.8 Å². The average Bonchev–Trinajstić information content (AvgIpc) is 2.04. The van der Waals surface area contributed by atoms with E-state index in [0.29, 0.717) is 0 Å². The third kappa shape index (κ3) is 1.18. The number of pyridine rings is 1. The van der Waals surface area contributed by atoms with E-state index in [2.05, 4.69) is 10.3 Å². The van der Waals surface area contributed by atoms with Crippen molar-refractivity contribution in [2.45, 2.75) is 12.8 Å². The zero-order valence-electron chi connectivity index (χ0n) is 6.10. The SMILES string of the molecule is Fc1cnc2c(c1)NCCC2. The highest BCUT2D eigenvalue weighted by Gasteiger charge is 2.09. The summed E-state index contributed by atoms with van der Waals surface area (Å²) in [4.78, 5) is 3.98. The molecular weight excluding hydrogens is 143 g/mol. The first-order valence-corrected chi connectivity index (χ1v) is 3.74. The van der Waals surface area contributed by atoms with Crippen LogP contribution in [0.1, 0.15) is 12.1 Å². The molecule has 1 aromatic heterocycles. The summed E-state index contributed by atoms with van der Waals surface area (Å²) in [6.45, 7) is 0.929. The average molecular weight is 152 g/mol. The molecule has 0 spiro atoms. The highest BCUT2D eigenvalue weighted by molar-refractivity contribution is 5.49. The van der Waals surface area contributed by atoms with E-state index in [-0.39, 0.29) is 5.82 Å². The second kappa shape index (κ2) is 2.49. The molecule has 0 unspecified atom stereocenters. The van der Waals surface area contributed by atoms with Gasteiger partial charge in [0, 0.05) is 12.6 Å². The van der Waals surface area contributed by atoms with Gasteiger partial charge in [-0.15, -0.1) is 0 Å². The normalized spacial score (nSPS) is 15.4. The molecule has 0 saturated heterocycles. The van der Waals surface area contributed by atoms with Gasteiger partial charge in [-0.2, -0.15) is 0 Å². The van der Waals surface area contributed by atoms with E-state index in [4.69, 9.17) is 0 Å². The van der Waals surface area contributed by atoms with Gasteiger partial charge in [-0.1, -0.05) is 0 Å². The van der Waals surface area contributed by atoms with E-state index in [1.807, 2.05) is 0 Å². The molecule has 0 fully saturated rings. The monoisotopic (exact) mass is 152 g/mol. The molecule has 0 atom stereocenters. The van der Waals surface area contributed by atoms with Crippen LogP contribution in [0.4, 0.5) is 10.1 Å². The fourth-order valence-electron chi connectivity index (χ4n) is 1.30. The van der Waals surface area contributed by atoms with Crippen LogP contribution in [0.15, 0.2) is 12.3 Å². The van der Waals surface area contributed by atoms with Crippen molar-refractivity contribution in [3.63, 3.8) is 0 Å². The van der Waals surface area contributed by atoms with Gasteiger partial charge in [0.2, 0.25) is 0 Å². The van der Waals surface area contributed by atoms with Gasteiger partial charge in [0.1, 0.15) is 5.82 Å². The maximum Gasteiger partial charge on any atom is 0.143 e. The lowest BCUT2D eigenvalue weighted by atomic mass is 10.1. The number of halogens is 1. The molecular formula is C8H9FN2. The summed E-state index contributed by atoms with van der Waals surface area (Å²) < 4.78 is 12.6. The van der Waals surface area contributed by atoms with Crippen LogP contribution < -0.4 is 5.32 Å². The smallest absolute Gasteiger partial charge is 0.143 e. The third-order valence-electron chi connectivity index (χ3n) is 1.84. The van der Waals surface area contributed by atoms with Crippen molar-refractivity contribution in [1.29, 1.82) is 0 Å². The highest BCUT2D eigenvalue weighted by Crippen LogP contribution is 2.19. The lowest BCUT2D eigenvalue weighted by Crippen LogP contribution is -2.13. The van der Waals surface area contributed by atoms with E-state index in [9.17, 15) is 4.39 Å². The van der Waals surface area contributed by atoms with Gasteiger partial charge >= 0.3 is 0 Å². The fraction of sp³-hybridized carbons (Fsp3) is 0.375. The largest absolute Gasteiger partial charge is 0.383 e. The number of nitrogens with zero attached hydrogens (tertiary/aromatic N) is 1. The van der Waals surface area contributed by atoms with Crippen LogP contribution in [0.25, 0.3) is 0 Å². The Morgan fingerprint density at radius 1 is 1.55 bits per heavy atom. The molecule has 0 amide bonds. The molecule has 2 rings (SSSR count). The number of aryl methyl sites for hydroxylation is 1. The second-order valence-electron chi connectivity index (χ2n) is 2.68. The number of anilines is 1. The Morgan fingerprint density at radius 3 is 3.36 bits per heavy atom. The Hall–Kier alpha value is -1.12. The van der Waals surface area contributed by atoms with Crippen molar-refractivity contribution in [1.82, 2.24) is 4.98 Å². The van der Waals surface area contributed by atoms with Gasteiger partial charge in [0.05, 0.1) is 17.6 Å². The number of rotatable bonds is 0. The molecule has 1 aromatic rings. The van der Waals surface area contributed by atoms with Crippen LogP contribution in [0.2, 0.25) is 0 Å². The van der Waals surface area contributed by atoms with Crippen molar-refractivity contribution in [2.75, 3.05) is 11.9 Å². The van der Waals surface area contributed by atoms with Crippen LogP contribution in [0.5, 0.6) is 0 Å². The summed E-state index contributed by atoms with van der Waals surface area (Å²) in [5.41, 5.74) is 1.84. The predicted molar refractivity (Wildman–Crippen MR) is 41.0 cm³/mol. The lowest BCUT2D eigenvalue weighted by molar-refractivity contribution is 0.617. The standard InChI is InChI=1S/C8H9FN2/c9-6-4-8-7(11-5-6)2-1-3-10-8/h4-5,10H,1-3H2. The van der Waals surface area contributed by atoms with Gasteiger partial charge < -0.3 is 5.32 Å². The van der Waals surface area contributed by atoms with Gasteiger partial charge in [0.15, 0.2) is 0 Å². The predicted octanol–water partition coefficient (Wildman–Crippen LogP) is 1.58. The summed E-state index contributed by atoms with van der Waals surface area (Å²) in [6, 6.07) is 1.50. The number of fused-ring (bicyclic) bond motifs is 1.